The number of anilines is 2. The van der Waals surface area contributed by atoms with Crippen molar-refractivity contribution in [2.24, 2.45) is 0 Å². The summed E-state index contributed by atoms with van der Waals surface area (Å²) in [6.45, 7) is 4.37. The predicted molar refractivity (Wildman–Crippen MR) is 99.5 cm³/mol. The van der Waals surface area contributed by atoms with Crippen LogP contribution in [0, 0.1) is 11.6 Å². The number of hydrogen-bond acceptors (Lipinski definition) is 5. The van der Waals surface area contributed by atoms with Crippen molar-refractivity contribution in [3.8, 4) is 0 Å². The third-order valence-corrected chi connectivity index (χ3v) is 4.64. The molecule has 6 nitrogen and oxygen atoms in total. The van der Waals surface area contributed by atoms with Crippen LogP contribution in [-0.4, -0.2) is 41.4 Å². The summed E-state index contributed by atoms with van der Waals surface area (Å²) in [5.74, 6) is -0.0870. The van der Waals surface area contributed by atoms with Gasteiger partial charge in [-0.1, -0.05) is 0 Å². The topological polar surface area (TPSA) is 61.4 Å². The molecule has 3 rings (SSSR count). The number of halogens is 2. The highest BCUT2D eigenvalue weighted by atomic mass is 19.1. The molecule has 144 valence electrons. The van der Waals surface area contributed by atoms with Gasteiger partial charge in [0.1, 0.15) is 17.5 Å². The second-order valence-corrected chi connectivity index (χ2v) is 6.95. The highest BCUT2D eigenvalue weighted by Crippen LogP contribution is 2.29. The number of amides is 1. The minimum absolute atomic E-state index is 0.00350. The van der Waals surface area contributed by atoms with E-state index in [1.807, 2.05) is 21.0 Å². The fourth-order valence-electron chi connectivity index (χ4n) is 3.12. The standard InChI is InChI=1S/C19H23F2N5O/c1-11(13-7-14(20)9-15(21)8-13)22-18-16-5-6-26(12(2)27)10-17(16)23-19(24-18)25(3)4/h7-9,11H,5-6,10H2,1-4H3,(H,22,23,24). The van der Waals surface area contributed by atoms with Crippen LogP contribution in [0.1, 0.15) is 36.7 Å². The minimum atomic E-state index is -0.616. The highest BCUT2D eigenvalue weighted by Gasteiger charge is 2.25. The van der Waals surface area contributed by atoms with Gasteiger partial charge in [-0.25, -0.2) is 13.8 Å². The number of nitrogens with one attached hydrogen (secondary N) is 1. The van der Waals surface area contributed by atoms with Crippen LogP contribution in [0.15, 0.2) is 18.2 Å². The Kier molecular flexibility index (Phi) is 5.25. The molecule has 1 aromatic heterocycles. The van der Waals surface area contributed by atoms with Gasteiger partial charge in [0.2, 0.25) is 11.9 Å². The zero-order valence-corrected chi connectivity index (χ0v) is 15.9. The molecule has 1 N–H and O–H groups in total. The molecule has 2 aromatic rings. The van der Waals surface area contributed by atoms with Crippen LogP contribution in [0.4, 0.5) is 20.5 Å². The van der Waals surface area contributed by atoms with Gasteiger partial charge in [-0.05, 0) is 31.0 Å². The summed E-state index contributed by atoms with van der Waals surface area (Å²) >= 11 is 0. The van der Waals surface area contributed by atoms with Crippen molar-refractivity contribution in [2.45, 2.75) is 32.9 Å². The van der Waals surface area contributed by atoms with E-state index in [2.05, 4.69) is 15.3 Å². The Balaban J connectivity index is 1.95. The van der Waals surface area contributed by atoms with Crippen molar-refractivity contribution in [1.29, 1.82) is 0 Å². The zero-order chi connectivity index (χ0) is 19.7. The Morgan fingerprint density at radius 3 is 2.48 bits per heavy atom. The summed E-state index contributed by atoms with van der Waals surface area (Å²) in [7, 11) is 3.67. The van der Waals surface area contributed by atoms with Crippen LogP contribution in [0.25, 0.3) is 0 Å². The van der Waals surface area contributed by atoms with Crippen LogP contribution < -0.4 is 10.2 Å². The smallest absolute Gasteiger partial charge is 0.227 e. The van der Waals surface area contributed by atoms with Crippen molar-refractivity contribution in [1.82, 2.24) is 14.9 Å². The summed E-state index contributed by atoms with van der Waals surface area (Å²) in [5, 5.41) is 3.27. The van der Waals surface area contributed by atoms with Crippen LogP contribution >= 0.6 is 0 Å². The molecule has 2 heterocycles. The summed E-state index contributed by atoms with van der Waals surface area (Å²) in [6, 6.07) is 3.11. The number of benzene rings is 1. The van der Waals surface area contributed by atoms with Gasteiger partial charge in [0, 0.05) is 39.2 Å². The maximum atomic E-state index is 13.6. The van der Waals surface area contributed by atoms with E-state index in [4.69, 9.17) is 0 Å². The van der Waals surface area contributed by atoms with Gasteiger partial charge < -0.3 is 15.1 Å². The Morgan fingerprint density at radius 2 is 1.89 bits per heavy atom. The monoisotopic (exact) mass is 375 g/mol. The summed E-state index contributed by atoms with van der Waals surface area (Å²) < 4.78 is 27.1. The Labute approximate surface area is 157 Å². The summed E-state index contributed by atoms with van der Waals surface area (Å²) in [4.78, 5) is 24.4. The van der Waals surface area contributed by atoms with E-state index < -0.39 is 11.6 Å². The Hall–Kier alpha value is -2.77. The van der Waals surface area contributed by atoms with Crippen molar-refractivity contribution in [3.63, 3.8) is 0 Å². The fraction of sp³-hybridized carbons (Fsp3) is 0.421. The number of nitrogens with zero attached hydrogens (tertiary/aromatic N) is 4. The van der Waals surface area contributed by atoms with Gasteiger partial charge in [0.05, 0.1) is 18.3 Å². The fourth-order valence-corrected chi connectivity index (χ4v) is 3.12. The van der Waals surface area contributed by atoms with E-state index >= 15 is 0 Å². The number of rotatable bonds is 4. The molecule has 8 heteroatoms. The number of hydrogen-bond donors (Lipinski definition) is 1. The van der Waals surface area contributed by atoms with Crippen molar-refractivity contribution in [3.05, 3.63) is 46.7 Å². The molecule has 0 radical (unpaired) electrons. The lowest BCUT2D eigenvalue weighted by molar-refractivity contribution is -0.129. The van der Waals surface area contributed by atoms with Crippen LogP contribution in [0.3, 0.4) is 0 Å². The van der Waals surface area contributed by atoms with Gasteiger partial charge in [-0.15, -0.1) is 0 Å². The van der Waals surface area contributed by atoms with Crippen molar-refractivity contribution in [2.75, 3.05) is 30.9 Å². The first kappa shape index (κ1) is 19.0. The molecule has 0 spiro atoms. The second-order valence-electron chi connectivity index (χ2n) is 6.95. The van der Waals surface area contributed by atoms with E-state index in [9.17, 15) is 13.6 Å². The van der Waals surface area contributed by atoms with E-state index in [1.165, 1.54) is 12.1 Å². The van der Waals surface area contributed by atoms with Gasteiger partial charge in [0.15, 0.2) is 0 Å². The molecule has 1 unspecified atom stereocenters. The summed E-state index contributed by atoms with van der Waals surface area (Å²) in [6.07, 6.45) is 0.620. The molecule has 1 aliphatic rings. The molecule has 0 bridgehead atoms. The lowest BCUT2D eigenvalue weighted by Gasteiger charge is -2.30. The average Bonchev–Trinajstić information content (AvgIpc) is 2.60. The molecule has 1 aliphatic heterocycles. The van der Waals surface area contributed by atoms with Crippen molar-refractivity contribution >= 4 is 17.7 Å². The largest absolute Gasteiger partial charge is 0.363 e. The Morgan fingerprint density at radius 1 is 1.22 bits per heavy atom. The van der Waals surface area contributed by atoms with E-state index in [-0.39, 0.29) is 11.9 Å². The first-order chi connectivity index (χ1) is 12.7. The molecule has 0 saturated carbocycles. The third-order valence-electron chi connectivity index (χ3n) is 4.64. The molecule has 0 saturated heterocycles. The number of carbonyl (C=O) groups excluding carboxylic acids is 1. The third kappa shape index (κ3) is 4.15. The van der Waals surface area contributed by atoms with Crippen LogP contribution in [0.2, 0.25) is 0 Å². The summed E-state index contributed by atoms with van der Waals surface area (Å²) in [5.41, 5.74) is 2.21. The van der Waals surface area contributed by atoms with Crippen LogP contribution in [-0.2, 0) is 17.8 Å². The normalized spacial score (nSPS) is 14.5. The SMILES string of the molecule is CC(=O)N1CCc2c(nc(N(C)C)nc2NC(C)c2cc(F)cc(F)c2)C1. The Bertz CT molecular complexity index is 851. The second kappa shape index (κ2) is 7.46. The molecule has 0 fully saturated rings. The maximum absolute atomic E-state index is 13.6. The van der Waals surface area contributed by atoms with Gasteiger partial charge in [-0.3, -0.25) is 4.79 Å². The van der Waals surface area contributed by atoms with Gasteiger partial charge in [-0.2, -0.15) is 4.98 Å². The lowest BCUT2D eigenvalue weighted by atomic mass is 10.0. The average molecular weight is 375 g/mol. The number of carbonyl (C=O) groups is 1. The quantitative estimate of drug-likeness (QED) is 0.890. The van der Waals surface area contributed by atoms with E-state index in [0.717, 1.165) is 17.3 Å². The van der Waals surface area contributed by atoms with E-state index in [0.29, 0.717) is 36.8 Å². The highest BCUT2D eigenvalue weighted by molar-refractivity contribution is 5.73. The predicted octanol–water partition coefficient (Wildman–Crippen LogP) is 2.90. The maximum Gasteiger partial charge on any atom is 0.227 e. The molecular weight excluding hydrogens is 352 g/mol. The minimum Gasteiger partial charge on any atom is -0.363 e. The molecule has 1 aromatic carbocycles. The van der Waals surface area contributed by atoms with Crippen LogP contribution in [0.5, 0.6) is 0 Å². The number of aromatic nitrogens is 2. The molecule has 0 aliphatic carbocycles. The first-order valence-corrected chi connectivity index (χ1v) is 8.79. The molecular formula is C19H23F2N5O. The van der Waals surface area contributed by atoms with Gasteiger partial charge >= 0.3 is 0 Å². The van der Waals surface area contributed by atoms with Crippen molar-refractivity contribution < 1.29 is 13.6 Å². The van der Waals surface area contributed by atoms with Gasteiger partial charge in [0.25, 0.3) is 0 Å². The molecule has 1 amide bonds. The first-order valence-electron chi connectivity index (χ1n) is 8.79. The zero-order valence-electron chi connectivity index (χ0n) is 15.9. The van der Waals surface area contributed by atoms with E-state index in [1.54, 1.807) is 16.7 Å². The lowest BCUT2D eigenvalue weighted by Crippen LogP contribution is -2.36. The molecule has 1 atom stereocenters. The number of fused-ring (bicyclic) bond motifs is 1. The molecule has 27 heavy (non-hydrogen) atoms.